The highest BCUT2D eigenvalue weighted by molar-refractivity contribution is 6.18. The van der Waals surface area contributed by atoms with Gasteiger partial charge in [-0.3, -0.25) is 0 Å². The molecule has 0 aliphatic carbocycles. The molecular weight excluding hydrogens is 777 g/mol. The number of para-hydroxylation sites is 4. The van der Waals surface area contributed by atoms with E-state index in [2.05, 4.69) is 83.4 Å². The van der Waals surface area contributed by atoms with Gasteiger partial charge < -0.3 is 13.4 Å². The Morgan fingerprint density at radius 1 is 0.333 bits per heavy atom. The van der Waals surface area contributed by atoms with Gasteiger partial charge in [0.15, 0.2) is 28.9 Å². The molecule has 8 aromatic carbocycles. The van der Waals surface area contributed by atoms with Crippen LogP contribution in [-0.2, 0) is 0 Å². The summed E-state index contributed by atoms with van der Waals surface area (Å²) in [5.41, 5.74) is 11.7. The minimum atomic E-state index is 0.537. The lowest BCUT2D eigenvalue weighted by Gasteiger charge is -2.11. The predicted octanol–water partition coefficient (Wildman–Crippen LogP) is 13.9. The molecule has 0 unspecified atom stereocenters. The van der Waals surface area contributed by atoms with E-state index in [0.29, 0.717) is 45.7 Å². The van der Waals surface area contributed by atoms with Crippen LogP contribution in [0.15, 0.2) is 203 Å². The minimum absolute atomic E-state index is 0.537. The van der Waals surface area contributed by atoms with E-state index in [0.717, 1.165) is 82.6 Å². The van der Waals surface area contributed by atoms with Gasteiger partial charge in [0.1, 0.15) is 28.0 Å². The van der Waals surface area contributed by atoms with Gasteiger partial charge in [0.05, 0.1) is 11.0 Å². The molecule has 0 amide bonds. The summed E-state index contributed by atoms with van der Waals surface area (Å²) in [4.78, 5) is 26.0. The molecule has 13 rings (SSSR count). The summed E-state index contributed by atoms with van der Waals surface area (Å²) in [6.07, 6.45) is 0. The number of furan rings is 2. The van der Waals surface area contributed by atoms with Crippen molar-refractivity contribution in [1.29, 1.82) is 0 Å². The van der Waals surface area contributed by atoms with Crippen LogP contribution in [0.25, 0.3) is 128 Å². The molecule has 0 aliphatic rings. The summed E-state index contributed by atoms with van der Waals surface area (Å²) < 4.78 is 15.7. The first-order chi connectivity index (χ1) is 31.2. The van der Waals surface area contributed by atoms with Crippen LogP contribution in [0.1, 0.15) is 0 Å². The van der Waals surface area contributed by atoms with Crippen molar-refractivity contribution in [2.24, 2.45) is 0 Å². The predicted molar refractivity (Wildman–Crippen MR) is 251 cm³/mol. The van der Waals surface area contributed by atoms with Crippen molar-refractivity contribution in [1.82, 2.24) is 29.5 Å². The third kappa shape index (κ3) is 5.52. The van der Waals surface area contributed by atoms with Crippen LogP contribution in [0.2, 0.25) is 0 Å². The normalized spacial score (nSPS) is 11.8. The molecule has 5 aromatic heterocycles. The summed E-state index contributed by atoms with van der Waals surface area (Å²) >= 11 is 0. The smallest absolute Gasteiger partial charge is 0.180 e. The fourth-order valence-electron chi connectivity index (χ4n) is 9.10. The van der Waals surface area contributed by atoms with Gasteiger partial charge in [-0.2, -0.15) is 0 Å². The maximum Gasteiger partial charge on any atom is 0.180 e. The summed E-state index contributed by atoms with van der Waals surface area (Å²) in [6.45, 7) is 0. The standard InChI is InChI=1S/C55H32N6O2/c1-4-17-33(18-5-1)52-56-48-37-24-11-13-31-44(37)62-51(48)49(57-52)41-28-14-25-38-47-40(27-16-32-45(47)63-50(38)41)55-59-53(34-19-6-2-7-20-34)58-54(60-55)39-26-15-30-43-46(39)36-23-10-12-29-42(36)61(43)35-21-8-3-9-22-35/h1-32H. The third-order valence-corrected chi connectivity index (χ3v) is 11.9. The van der Waals surface area contributed by atoms with Crippen LogP contribution in [0.5, 0.6) is 0 Å². The van der Waals surface area contributed by atoms with E-state index >= 15 is 0 Å². The van der Waals surface area contributed by atoms with Gasteiger partial charge in [0, 0.05) is 60.4 Å². The molecule has 13 aromatic rings. The summed E-state index contributed by atoms with van der Waals surface area (Å²) in [5, 5.41) is 4.90. The summed E-state index contributed by atoms with van der Waals surface area (Å²) in [5.74, 6) is 2.29. The molecule has 8 heteroatoms. The Kier molecular flexibility index (Phi) is 7.74. The Morgan fingerprint density at radius 3 is 1.62 bits per heavy atom. The quantitative estimate of drug-likeness (QED) is 0.165. The van der Waals surface area contributed by atoms with Crippen LogP contribution in [0, 0.1) is 0 Å². The Labute approximate surface area is 359 Å². The van der Waals surface area contributed by atoms with Gasteiger partial charge in [-0.05, 0) is 48.5 Å². The highest BCUT2D eigenvalue weighted by Gasteiger charge is 2.25. The summed E-state index contributed by atoms with van der Waals surface area (Å²) in [6, 6.07) is 65.7. The second-order valence-corrected chi connectivity index (χ2v) is 15.6. The highest BCUT2D eigenvalue weighted by Crippen LogP contribution is 2.44. The van der Waals surface area contributed by atoms with Crippen LogP contribution in [0.3, 0.4) is 0 Å². The Balaban J connectivity index is 1.06. The molecule has 0 bridgehead atoms. The van der Waals surface area contributed by atoms with Gasteiger partial charge in [-0.1, -0.05) is 146 Å². The molecule has 0 aliphatic heterocycles. The molecule has 63 heavy (non-hydrogen) atoms. The van der Waals surface area contributed by atoms with Crippen LogP contribution >= 0.6 is 0 Å². The van der Waals surface area contributed by atoms with E-state index in [9.17, 15) is 0 Å². The number of hydrogen-bond donors (Lipinski definition) is 0. The Hall–Kier alpha value is -8.75. The van der Waals surface area contributed by atoms with Gasteiger partial charge >= 0.3 is 0 Å². The number of fused-ring (bicyclic) bond motifs is 9. The van der Waals surface area contributed by atoms with Crippen molar-refractivity contribution < 1.29 is 8.83 Å². The number of aromatic nitrogens is 6. The van der Waals surface area contributed by atoms with Crippen LogP contribution in [-0.4, -0.2) is 29.5 Å². The first-order valence-electron chi connectivity index (χ1n) is 20.8. The first kappa shape index (κ1) is 35.0. The second-order valence-electron chi connectivity index (χ2n) is 15.6. The summed E-state index contributed by atoms with van der Waals surface area (Å²) in [7, 11) is 0. The molecule has 294 valence electrons. The zero-order valence-corrected chi connectivity index (χ0v) is 33.5. The second kappa shape index (κ2) is 13.9. The molecular formula is C55H32N6O2. The molecule has 0 fully saturated rings. The number of rotatable bonds is 6. The molecule has 0 spiro atoms. The number of nitrogens with zero attached hydrogens (tertiary/aromatic N) is 6. The maximum absolute atomic E-state index is 6.87. The zero-order chi connectivity index (χ0) is 41.4. The number of benzene rings is 8. The van der Waals surface area contributed by atoms with E-state index in [-0.39, 0.29) is 0 Å². The lowest BCUT2D eigenvalue weighted by atomic mass is 10.0. The maximum atomic E-state index is 6.87. The van der Waals surface area contributed by atoms with Gasteiger partial charge in [-0.15, -0.1) is 0 Å². The van der Waals surface area contributed by atoms with E-state index in [1.54, 1.807) is 0 Å². The monoisotopic (exact) mass is 808 g/mol. The van der Waals surface area contributed by atoms with Crippen molar-refractivity contribution in [2.75, 3.05) is 0 Å². The molecule has 0 N–H and O–H groups in total. The van der Waals surface area contributed by atoms with E-state index in [4.69, 9.17) is 33.8 Å². The molecule has 0 atom stereocenters. The lowest BCUT2D eigenvalue weighted by molar-refractivity contribution is 0.663. The van der Waals surface area contributed by atoms with Crippen LogP contribution in [0.4, 0.5) is 0 Å². The largest absolute Gasteiger partial charge is 0.455 e. The van der Waals surface area contributed by atoms with Gasteiger partial charge in [0.25, 0.3) is 0 Å². The average Bonchev–Trinajstić information content (AvgIpc) is 4.04. The van der Waals surface area contributed by atoms with Gasteiger partial charge in [0.2, 0.25) is 0 Å². The van der Waals surface area contributed by atoms with Crippen molar-refractivity contribution in [3.05, 3.63) is 194 Å². The molecule has 8 nitrogen and oxygen atoms in total. The molecule has 0 saturated heterocycles. The SMILES string of the molecule is c1ccc(-c2nc(-c3cccc4oc5c(-c6nc(-c7ccccc7)nc7c6oc6ccccc67)cccc5c34)nc(-c3cccc4c3c3ccccc3n4-c3ccccc3)n2)cc1. The fraction of sp³-hybridized carbons (Fsp3) is 0. The third-order valence-electron chi connectivity index (χ3n) is 11.9. The topological polar surface area (TPSA) is 95.7 Å². The van der Waals surface area contributed by atoms with E-state index in [1.165, 1.54) is 0 Å². The van der Waals surface area contributed by atoms with Crippen molar-refractivity contribution in [2.45, 2.75) is 0 Å². The first-order valence-corrected chi connectivity index (χ1v) is 20.8. The van der Waals surface area contributed by atoms with Gasteiger partial charge in [-0.25, -0.2) is 24.9 Å². The molecule has 0 radical (unpaired) electrons. The Morgan fingerprint density at radius 2 is 0.857 bits per heavy atom. The molecule has 0 saturated carbocycles. The molecule has 5 heterocycles. The number of hydrogen-bond acceptors (Lipinski definition) is 7. The minimum Gasteiger partial charge on any atom is -0.455 e. The highest BCUT2D eigenvalue weighted by atomic mass is 16.3. The van der Waals surface area contributed by atoms with E-state index in [1.807, 2.05) is 115 Å². The van der Waals surface area contributed by atoms with Crippen molar-refractivity contribution in [3.8, 4) is 62.5 Å². The Bertz CT molecular complexity index is 3910. The van der Waals surface area contributed by atoms with Crippen LogP contribution < -0.4 is 0 Å². The lowest BCUT2D eigenvalue weighted by Crippen LogP contribution is -2.01. The zero-order valence-electron chi connectivity index (χ0n) is 33.5. The fourth-order valence-corrected chi connectivity index (χ4v) is 9.10. The van der Waals surface area contributed by atoms with E-state index < -0.39 is 0 Å². The average molecular weight is 809 g/mol. The van der Waals surface area contributed by atoms with Crippen molar-refractivity contribution >= 4 is 65.8 Å². The van der Waals surface area contributed by atoms with Crippen molar-refractivity contribution in [3.63, 3.8) is 0 Å².